The summed E-state index contributed by atoms with van der Waals surface area (Å²) in [7, 11) is 0. The minimum atomic E-state index is -0.773. The lowest BCUT2D eigenvalue weighted by Crippen LogP contribution is -2.44. The maximum Gasteiger partial charge on any atom is 0.308 e. The first-order valence-electron chi connectivity index (χ1n) is 7.09. The van der Waals surface area contributed by atoms with E-state index in [1.807, 2.05) is 6.92 Å². The molecule has 0 aromatic rings. The Morgan fingerprint density at radius 1 is 1.28 bits per heavy atom. The van der Waals surface area contributed by atoms with Crippen LogP contribution in [-0.2, 0) is 9.59 Å². The number of nitrogens with one attached hydrogen (secondary N) is 1. The molecule has 3 unspecified atom stereocenters. The first kappa shape index (κ1) is 15.0. The van der Waals surface area contributed by atoms with Crippen molar-refractivity contribution in [1.29, 1.82) is 0 Å². The van der Waals surface area contributed by atoms with E-state index >= 15 is 0 Å². The summed E-state index contributed by atoms with van der Waals surface area (Å²) in [6.45, 7) is 3.96. The molecular formula is C14H25NO3. The molecule has 0 aromatic carbocycles. The van der Waals surface area contributed by atoms with E-state index in [2.05, 4.69) is 12.2 Å². The smallest absolute Gasteiger partial charge is 0.308 e. The topological polar surface area (TPSA) is 66.4 Å². The van der Waals surface area contributed by atoms with Crippen molar-refractivity contribution in [3.8, 4) is 0 Å². The highest BCUT2D eigenvalue weighted by atomic mass is 16.4. The number of aliphatic carboxylic acids is 1. The van der Waals surface area contributed by atoms with Gasteiger partial charge in [-0.3, -0.25) is 9.59 Å². The lowest BCUT2D eigenvalue weighted by molar-refractivity contribution is -0.143. The van der Waals surface area contributed by atoms with Gasteiger partial charge in [-0.2, -0.15) is 0 Å². The fourth-order valence-corrected chi connectivity index (χ4v) is 2.67. The van der Waals surface area contributed by atoms with Crippen molar-refractivity contribution in [2.75, 3.05) is 0 Å². The van der Waals surface area contributed by atoms with Crippen LogP contribution in [0.15, 0.2) is 0 Å². The maximum absolute atomic E-state index is 12.0. The average Bonchev–Trinajstić information content (AvgIpc) is 2.54. The molecule has 1 aliphatic carbocycles. The number of carboxylic acids is 1. The Morgan fingerprint density at radius 2 is 1.94 bits per heavy atom. The first-order valence-corrected chi connectivity index (χ1v) is 7.09. The van der Waals surface area contributed by atoms with E-state index in [1.54, 1.807) is 0 Å². The number of hydrogen-bond acceptors (Lipinski definition) is 2. The van der Waals surface area contributed by atoms with Crippen molar-refractivity contribution in [2.45, 2.75) is 64.8 Å². The zero-order valence-electron chi connectivity index (χ0n) is 11.4. The van der Waals surface area contributed by atoms with Crippen LogP contribution in [0.2, 0.25) is 0 Å². The van der Waals surface area contributed by atoms with Gasteiger partial charge in [0.25, 0.3) is 0 Å². The molecular weight excluding hydrogens is 230 g/mol. The van der Waals surface area contributed by atoms with Crippen LogP contribution in [0.1, 0.15) is 58.8 Å². The van der Waals surface area contributed by atoms with Crippen LogP contribution < -0.4 is 5.32 Å². The molecule has 0 aromatic heterocycles. The van der Waals surface area contributed by atoms with E-state index in [-0.39, 0.29) is 17.9 Å². The monoisotopic (exact) mass is 255 g/mol. The van der Waals surface area contributed by atoms with Crippen LogP contribution in [0.5, 0.6) is 0 Å². The molecule has 0 bridgehead atoms. The Kier molecular flexibility index (Phi) is 6.16. The third-order valence-corrected chi connectivity index (χ3v) is 3.83. The van der Waals surface area contributed by atoms with Gasteiger partial charge in [0.2, 0.25) is 5.91 Å². The molecule has 18 heavy (non-hydrogen) atoms. The van der Waals surface area contributed by atoms with Gasteiger partial charge in [0.05, 0.1) is 5.92 Å². The summed E-state index contributed by atoms with van der Waals surface area (Å²) in [5.74, 6) is -1.20. The van der Waals surface area contributed by atoms with Crippen molar-refractivity contribution >= 4 is 11.9 Å². The molecule has 0 radical (unpaired) electrons. The molecule has 0 saturated heterocycles. The van der Waals surface area contributed by atoms with Crippen molar-refractivity contribution in [3.05, 3.63) is 0 Å². The van der Waals surface area contributed by atoms with E-state index in [4.69, 9.17) is 0 Å². The van der Waals surface area contributed by atoms with Crippen LogP contribution in [0.25, 0.3) is 0 Å². The summed E-state index contributed by atoms with van der Waals surface area (Å²) in [4.78, 5) is 23.2. The highest BCUT2D eigenvalue weighted by Crippen LogP contribution is 2.24. The SMILES string of the molecule is CCCC(C)C(=O)NC1CCCCCC1C(=O)O. The molecule has 0 aliphatic heterocycles. The van der Waals surface area contributed by atoms with Gasteiger partial charge in [0.1, 0.15) is 0 Å². The molecule has 1 amide bonds. The molecule has 4 heteroatoms. The zero-order chi connectivity index (χ0) is 13.5. The van der Waals surface area contributed by atoms with E-state index in [1.165, 1.54) is 0 Å². The molecule has 2 N–H and O–H groups in total. The maximum atomic E-state index is 12.0. The lowest BCUT2D eigenvalue weighted by atomic mass is 9.94. The largest absolute Gasteiger partial charge is 0.481 e. The molecule has 0 heterocycles. The number of rotatable bonds is 5. The van der Waals surface area contributed by atoms with Crippen molar-refractivity contribution in [1.82, 2.24) is 5.32 Å². The predicted octanol–water partition coefficient (Wildman–Crippen LogP) is 2.57. The van der Waals surface area contributed by atoms with Crippen LogP contribution in [0.3, 0.4) is 0 Å². The molecule has 3 atom stereocenters. The van der Waals surface area contributed by atoms with Crippen LogP contribution in [0, 0.1) is 11.8 Å². The fraction of sp³-hybridized carbons (Fsp3) is 0.857. The Labute approximate surface area is 109 Å². The average molecular weight is 255 g/mol. The highest BCUT2D eigenvalue weighted by Gasteiger charge is 2.31. The second-order valence-electron chi connectivity index (χ2n) is 5.39. The Hall–Kier alpha value is -1.06. The van der Waals surface area contributed by atoms with Gasteiger partial charge in [-0.05, 0) is 19.3 Å². The number of carboxylic acid groups (broad SMARTS) is 1. The minimum absolute atomic E-state index is 0.00926. The van der Waals surface area contributed by atoms with Gasteiger partial charge < -0.3 is 10.4 Å². The Morgan fingerprint density at radius 3 is 2.56 bits per heavy atom. The number of carbonyl (C=O) groups excluding carboxylic acids is 1. The van der Waals surface area contributed by atoms with Crippen molar-refractivity contribution < 1.29 is 14.7 Å². The summed E-state index contributed by atoms with van der Waals surface area (Å²) >= 11 is 0. The Balaban J connectivity index is 2.60. The minimum Gasteiger partial charge on any atom is -0.481 e. The summed E-state index contributed by atoms with van der Waals surface area (Å²) in [6, 6.07) is -0.184. The summed E-state index contributed by atoms with van der Waals surface area (Å²) in [6.07, 6.45) is 6.34. The van der Waals surface area contributed by atoms with Gasteiger partial charge in [-0.1, -0.05) is 39.5 Å². The summed E-state index contributed by atoms with van der Waals surface area (Å²) in [5, 5.41) is 12.2. The lowest BCUT2D eigenvalue weighted by Gasteiger charge is -2.24. The van der Waals surface area contributed by atoms with E-state index < -0.39 is 11.9 Å². The second-order valence-corrected chi connectivity index (χ2v) is 5.39. The van der Waals surface area contributed by atoms with Crippen molar-refractivity contribution in [3.63, 3.8) is 0 Å². The number of amides is 1. The number of hydrogen-bond donors (Lipinski definition) is 2. The van der Waals surface area contributed by atoms with Crippen molar-refractivity contribution in [2.24, 2.45) is 11.8 Å². The van der Waals surface area contributed by atoms with E-state index in [0.29, 0.717) is 6.42 Å². The summed E-state index contributed by atoms with van der Waals surface area (Å²) < 4.78 is 0. The molecule has 1 aliphatic rings. The zero-order valence-corrected chi connectivity index (χ0v) is 11.4. The molecule has 4 nitrogen and oxygen atoms in total. The second kappa shape index (κ2) is 7.39. The predicted molar refractivity (Wildman–Crippen MR) is 70.2 cm³/mol. The fourth-order valence-electron chi connectivity index (χ4n) is 2.67. The van der Waals surface area contributed by atoms with Gasteiger partial charge in [-0.25, -0.2) is 0 Å². The van der Waals surface area contributed by atoms with Crippen LogP contribution >= 0.6 is 0 Å². The standard InChI is InChI=1S/C14H25NO3/c1-3-7-10(2)13(16)15-12-9-6-4-5-8-11(12)14(17)18/h10-12H,3-9H2,1-2H3,(H,15,16)(H,17,18). The third kappa shape index (κ3) is 4.31. The van der Waals surface area contributed by atoms with Gasteiger partial charge in [-0.15, -0.1) is 0 Å². The van der Waals surface area contributed by atoms with Crippen LogP contribution in [0.4, 0.5) is 0 Å². The van der Waals surface area contributed by atoms with Gasteiger partial charge >= 0.3 is 5.97 Å². The molecule has 1 fully saturated rings. The Bertz CT molecular complexity index is 291. The molecule has 0 spiro atoms. The molecule has 1 saturated carbocycles. The van der Waals surface area contributed by atoms with Gasteiger partial charge in [0, 0.05) is 12.0 Å². The van der Waals surface area contributed by atoms with Gasteiger partial charge in [0.15, 0.2) is 0 Å². The van der Waals surface area contributed by atoms with E-state index in [9.17, 15) is 14.7 Å². The quantitative estimate of drug-likeness (QED) is 0.742. The molecule has 104 valence electrons. The third-order valence-electron chi connectivity index (χ3n) is 3.83. The normalized spacial score (nSPS) is 26.1. The van der Waals surface area contributed by atoms with Crippen LogP contribution in [-0.4, -0.2) is 23.0 Å². The number of carbonyl (C=O) groups is 2. The first-order chi connectivity index (χ1) is 8.56. The summed E-state index contributed by atoms with van der Waals surface area (Å²) in [5.41, 5.74) is 0. The van der Waals surface area contributed by atoms with E-state index in [0.717, 1.165) is 38.5 Å². The highest BCUT2D eigenvalue weighted by molar-refractivity contribution is 5.80. The molecule has 1 rings (SSSR count).